The summed E-state index contributed by atoms with van der Waals surface area (Å²) >= 11 is 3.42. The molecule has 1 fully saturated rings. The highest BCUT2D eigenvalue weighted by Crippen LogP contribution is 2.42. The van der Waals surface area contributed by atoms with E-state index in [9.17, 15) is 4.79 Å². The molecular weight excluding hydrogens is 392 g/mol. The van der Waals surface area contributed by atoms with E-state index in [-0.39, 0.29) is 11.9 Å². The summed E-state index contributed by atoms with van der Waals surface area (Å²) in [5.41, 5.74) is 2.63. The van der Waals surface area contributed by atoms with E-state index >= 15 is 0 Å². The van der Waals surface area contributed by atoms with Crippen LogP contribution in [-0.4, -0.2) is 11.9 Å². The number of epoxide rings is 1. The predicted molar refractivity (Wildman–Crippen MR) is 103 cm³/mol. The van der Waals surface area contributed by atoms with Gasteiger partial charge in [-0.2, -0.15) is 0 Å². The van der Waals surface area contributed by atoms with E-state index in [2.05, 4.69) is 15.9 Å². The van der Waals surface area contributed by atoms with E-state index in [1.165, 1.54) is 0 Å². The van der Waals surface area contributed by atoms with Crippen molar-refractivity contribution in [3.63, 3.8) is 0 Å². The normalized spacial score (nSPS) is 18.3. The van der Waals surface area contributed by atoms with Gasteiger partial charge in [0.1, 0.15) is 18.5 Å². The second kappa shape index (κ2) is 7.44. The number of hydrogen-bond acceptors (Lipinski definition) is 3. The summed E-state index contributed by atoms with van der Waals surface area (Å²) in [6.45, 7) is 0.423. The molecule has 130 valence electrons. The third-order valence-corrected chi connectivity index (χ3v) is 4.87. The Hall–Kier alpha value is -2.43. The Morgan fingerprint density at radius 3 is 2.38 bits per heavy atom. The van der Waals surface area contributed by atoms with Crippen LogP contribution in [0.25, 0.3) is 0 Å². The van der Waals surface area contributed by atoms with Crippen LogP contribution in [0, 0.1) is 0 Å². The smallest absolute Gasteiger partial charge is 0.198 e. The highest BCUT2D eigenvalue weighted by Gasteiger charge is 2.46. The quantitative estimate of drug-likeness (QED) is 0.407. The molecule has 0 amide bonds. The SMILES string of the molecule is O=C(c1ccccc1OCc1ccccc1)[C@@H]1O[C@H]1c1ccc(Br)cc1. The minimum atomic E-state index is -0.447. The Morgan fingerprint density at radius 1 is 0.923 bits per heavy atom. The maximum atomic E-state index is 12.9. The number of hydrogen-bond donors (Lipinski definition) is 0. The molecule has 1 heterocycles. The Balaban J connectivity index is 1.48. The highest BCUT2D eigenvalue weighted by molar-refractivity contribution is 9.10. The Bertz CT molecular complexity index is 906. The van der Waals surface area contributed by atoms with Gasteiger partial charge in [0.05, 0.1) is 5.56 Å². The van der Waals surface area contributed by atoms with E-state index in [1.807, 2.05) is 72.8 Å². The fraction of sp³-hybridized carbons (Fsp3) is 0.136. The summed E-state index contributed by atoms with van der Waals surface area (Å²) in [5, 5.41) is 0. The van der Waals surface area contributed by atoms with Crippen molar-refractivity contribution in [1.82, 2.24) is 0 Å². The van der Waals surface area contributed by atoms with Crippen LogP contribution in [0.3, 0.4) is 0 Å². The van der Waals surface area contributed by atoms with Crippen molar-refractivity contribution in [2.75, 3.05) is 0 Å². The number of rotatable bonds is 6. The number of carbonyl (C=O) groups is 1. The van der Waals surface area contributed by atoms with Crippen molar-refractivity contribution >= 4 is 21.7 Å². The summed E-state index contributed by atoms with van der Waals surface area (Å²) in [7, 11) is 0. The molecule has 1 aliphatic heterocycles. The van der Waals surface area contributed by atoms with Gasteiger partial charge in [0.2, 0.25) is 0 Å². The van der Waals surface area contributed by atoms with Crippen molar-refractivity contribution in [3.05, 3.63) is 100 Å². The fourth-order valence-corrected chi connectivity index (χ4v) is 3.17. The minimum absolute atomic E-state index is 0.0402. The number of carbonyl (C=O) groups excluding carboxylic acids is 1. The lowest BCUT2D eigenvalue weighted by Gasteiger charge is -2.10. The van der Waals surface area contributed by atoms with Gasteiger partial charge < -0.3 is 9.47 Å². The molecule has 0 aliphatic carbocycles. The van der Waals surface area contributed by atoms with Crippen LogP contribution in [0.2, 0.25) is 0 Å². The Morgan fingerprint density at radius 2 is 1.62 bits per heavy atom. The van der Waals surface area contributed by atoms with Crippen LogP contribution in [0.1, 0.15) is 27.6 Å². The van der Waals surface area contributed by atoms with Gasteiger partial charge in [-0.15, -0.1) is 0 Å². The van der Waals surface area contributed by atoms with Crippen LogP contribution < -0.4 is 4.74 Å². The zero-order chi connectivity index (χ0) is 17.9. The summed E-state index contributed by atoms with van der Waals surface area (Å²) in [4.78, 5) is 12.9. The first kappa shape index (κ1) is 17.0. The topological polar surface area (TPSA) is 38.8 Å². The maximum absolute atomic E-state index is 12.9. The van der Waals surface area contributed by atoms with Crippen molar-refractivity contribution in [3.8, 4) is 5.75 Å². The fourth-order valence-electron chi connectivity index (χ4n) is 2.90. The molecule has 0 radical (unpaired) electrons. The molecule has 3 aromatic rings. The molecule has 0 aromatic heterocycles. The summed E-state index contributed by atoms with van der Waals surface area (Å²) < 4.78 is 12.6. The molecule has 0 bridgehead atoms. The first-order valence-electron chi connectivity index (χ1n) is 8.43. The molecule has 4 rings (SSSR count). The van der Waals surface area contributed by atoms with Crippen LogP contribution >= 0.6 is 15.9 Å². The molecule has 3 aromatic carbocycles. The minimum Gasteiger partial charge on any atom is -0.488 e. The van der Waals surface area contributed by atoms with Gasteiger partial charge in [0.25, 0.3) is 0 Å². The van der Waals surface area contributed by atoms with Crippen molar-refractivity contribution < 1.29 is 14.3 Å². The number of para-hydroxylation sites is 1. The monoisotopic (exact) mass is 408 g/mol. The molecule has 0 unspecified atom stereocenters. The second-order valence-corrected chi connectivity index (χ2v) is 7.08. The van der Waals surface area contributed by atoms with E-state index < -0.39 is 6.10 Å². The van der Waals surface area contributed by atoms with Gasteiger partial charge in [-0.3, -0.25) is 4.79 Å². The molecule has 1 aliphatic rings. The van der Waals surface area contributed by atoms with Gasteiger partial charge in [0, 0.05) is 4.47 Å². The van der Waals surface area contributed by atoms with Crippen molar-refractivity contribution in [2.45, 2.75) is 18.8 Å². The molecule has 4 heteroatoms. The first-order chi connectivity index (χ1) is 12.7. The summed E-state index contributed by atoms with van der Waals surface area (Å²) in [5.74, 6) is 0.549. The van der Waals surface area contributed by atoms with E-state index in [1.54, 1.807) is 6.07 Å². The third kappa shape index (κ3) is 3.71. The summed E-state index contributed by atoms with van der Waals surface area (Å²) in [6.07, 6.45) is -0.629. The molecule has 3 nitrogen and oxygen atoms in total. The zero-order valence-corrected chi connectivity index (χ0v) is 15.6. The van der Waals surface area contributed by atoms with Gasteiger partial charge in [0.15, 0.2) is 11.9 Å². The first-order valence-corrected chi connectivity index (χ1v) is 9.22. The van der Waals surface area contributed by atoms with Gasteiger partial charge >= 0.3 is 0 Å². The number of ether oxygens (including phenoxy) is 2. The number of Topliss-reactive ketones (excluding diaryl/α,β-unsaturated/α-hetero) is 1. The largest absolute Gasteiger partial charge is 0.488 e. The Kier molecular flexibility index (Phi) is 4.87. The molecule has 0 spiro atoms. The standard InChI is InChI=1S/C22H17BrO3/c23-17-12-10-16(11-13-17)21-22(26-21)20(24)18-8-4-5-9-19(18)25-14-15-6-2-1-3-7-15/h1-13,21-22H,14H2/t21-,22-/m0/s1. The van der Waals surface area contributed by atoms with Crippen molar-refractivity contribution in [1.29, 1.82) is 0 Å². The highest BCUT2D eigenvalue weighted by atomic mass is 79.9. The maximum Gasteiger partial charge on any atom is 0.198 e. The number of benzene rings is 3. The van der Waals surface area contributed by atoms with Gasteiger partial charge in [-0.25, -0.2) is 0 Å². The van der Waals surface area contributed by atoms with E-state index in [4.69, 9.17) is 9.47 Å². The molecule has 0 saturated carbocycles. The molecular formula is C22H17BrO3. The molecule has 1 saturated heterocycles. The van der Waals surface area contributed by atoms with Crippen LogP contribution in [0.15, 0.2) is 83.3 Å². The third-order valence-electron chi connectivity index (χ3n) is 4.34. The lowest BCUT2D eigenvalue weighted by molar-refractivity contribution is 0.0949. The lowest BCUT2D eigenvalue weighted by Crippen LogP contribution is -2.10. The van der Waals surface area contributed by atoms with Gasteiger partial charge in [-0.05, 0) is 35.4 Å². The van der Waals surface area contributed by atoms with Crippen molar-refractivity contribution in [2.24, 2.45) is 0 Å². The molecule has 0 N–H and O–H groups in total. The Labute approximate surface area is 160 Å². The van der Waals surface area contributed by atoms with Gasteiger partial charge in [-0.1, -0.05) is 70.5 Å². The number of halogens is 1. The van der Waals surface area contributed by atoms with Crippen LogP contribution in [0.5, 0.6) is 5.75 Å². The van der Waals surface area contributed by atoms with Crippen LogP contribution in [-0.2, 0) is 11.3 Å². The van der Waals surface area contributed by atoms with Crippen LogP contribution in [0.4, 0.5) is 0 Å². The molecule has 26 heavy (non-hydrogen) atoms. The summed E-state index contributed by atoms with van der Waals surface area (Å²) in [6, 6.07) is 25.1. The molecule has 2 atom stereocenters. The average molecular weight is 409 g/mol. The van der Waals surface area contributed by atoms with E-state index in [0.29, 0.717) is 17.9 Å². The predicted octanol–water partition coefficient (Wildman–Crippen LogP) is 5.35. The lowest BCUT2D eigenvalue weighted by atomic mass is 10.0. The second-order valence-electron chi connectivity index (χ2n) is 6.16. The average Bonchev–Trinajstić information content (AvgIpc) is 3.48. The zero-order valence-electron chi connectivity index (χ0n) is 14.0. The number of ketones is 1. The van der Waals surface area contributed by atoms with E-state index in [0.717, 1.165) is 15.6 Å².